The normalized spacial score (nSPS) is 14.8. The molecular weight excluding hydrogens is 264 g/mol. The van der Waals surface area contributed by atoms with E-state index in [1.54, 1.807) is 4.57 Å². The van der Waals surface area contributed by atoms with E-state index in [4.69, 9.17) is 0 Å². The van der Waals surface area contributed by atoms with Crippen molar-refractivity contribution >= 4 is 16.7 Å². The first-order chi connectivity index (χ1) is 9.41. The van der Waals surface area contributed by atoms with E-state index in [-0.39, 0.29) is 28.3 Å². The van der Waals surface area contributed by atoms with Crippen molar-refractivity contribution in [1.82, 2.24) is 4.57 Å². The van der Waals surface area contributed by atoms with Gasteiger partial charge >= 0.3 is 0 Å². The van der Waals surface area contributed by atoms with Gasteiger partial charge in [-0.1, -0.05) is 0 Å². The Hall–Kier alpha value is -2.04. The number of benzene rings is 1. The minimum atomic E-state index is -1.06. The number of carbonyl (C=O) groups is 1. The molecule has 1 saturated carbocycles. The second kappa shape index (κ2) is 4.23. The highest BCUT2D eigenvalue weighted by Crippen LogP contribution is 2.38. The van der Waals surface area contributed by atoms with Gasteiger partial charge in [0.2, 0.25) is 0 Å². The fourth-order valence-electron chi connectivity index (χ4n) is 2.55. The Morgan fingerprint density at radius 2 is 2.00 bits per heavy atom. The van der Waals surface area contributed by atoms with Crippen molar-refractivity contribution in [2.45, 2.75) is 32.7 Å². The van der Waals surface area contributed by atoms with E-state index >= 15 is 0 Å². The molecule has 3 rings (SSSR count). The fraction of sp³-hybridized carbons (Fsp3) is 0.333. The summed E-state index contributed by atoms with van der Waals surface area (Å²) in [5, 5.41) is 0.0704. The first kappa shape index (κ1) is 13.0. The Bertz CT molecular complexity index is 804. The number of Topliss-reactive ketones (excluding diaryl/α,β-unsaturated/α-hetero) is 1. The Morgan fingerprint density at radius 1 is 1.35 bits per heavy atom. The molecule has 3 nitrogen and oxygen atoms in total. The molecule has 1 heterocycles. The van der Waals surface area contributed by atoms with Crippen molar-refractivity contribution in [2.24, 2.45) is 0 Å². The minimum absolute atomic E-state index is 0.0230. The third-order valence-electron chi connectivity index (χ3n) is 3.76. The van der Waals surface area contributed by atoms with Crippen LogP contribution in [0.3, 0.4) is 0 Å². The summed E-state index contributed by atoms with van der Waals surface area (Å²) in [6, 6.07) is 1.05. The van der Waals surface area contributed by atoms with Crippen molar-refractivity contribution in [1.29, 1.82) is 0 Å². The summed E-state index contributed by atoms with van der Waals surface area (Å²) in [6.45, 7) is 2.75. The van der Waals surface area contributed by atoms with Gasteiger partial charge in [-0.25, -0.2) is 8.78 Å². The highest BCUT2D eigenvalue weighted by molar-refractivity contribution is 5.97. The molecule has 5 heteroatoms. The molecule has 0 unspecified atom stereocenters. The van der Waals surface area contributed by atoms with Gasteiger partial charge in [0.05, 0.1) is 11.1 Å². The van der Waals surface area contributed by atoms with E-state index in [0.717, 1.165) is 18.9 Å². The van der Waals surface area contributed by atoms with E-state index < -0.39 is 17.1 Å². The maximum absolute atomic E-state index is 13.8. The molecule has 104 valence electrons. The number of rotatable bonds is 2. The van der Waals surface area contributed by atoms with Crippen LogP contribution in [-0.2, 0) is 0 Å². The number of halogens is 2. The van der Waals surface area contributed by atoms with E-state index in [1.165, 1.54) is 20.0 Å². The van der Waals surface area contributed by atoms with Gasteiger partial charge < -0.3 is 4.57 Å². The van der Waals surface area contributed by atoms with Gasteiger partial charge in [0.25, 0.3) is 0 Å². The van der Waals surface area contributed by atoms with Gasteiger partial charge in [0, 0.05) is 23.2 Å². The van der Waals surface area contributed by atoms with Gasteiger partial charge in [-0.2, -0.15) is 0 Å². The maximum Gasteiger partial charge on any atom is 0.200 e. The average Bonchev–Trinajstić information content (AvgIpc) is 3.21. The Balaban J connectivity index is 2.52. The highest BCUT2D eigenvalue weighted by Gasteiger charge is 2.28. The molecule has 0 radical (unpaired) electrons. The van der Waals surface area contributed by atoms with Crippen LogP contribution in [0.5, 0.6) is 0 Å². The molecule has 1 fully saturated rings. The zero-order valence-electron chi connectivity index (χ0n) is 11.2. The van der Waals surface area contributed by atoms with E-state index in [9.17, 15) is 18.4 Å². The molecule has 1 aromatic carbocycles. The summed E-state index contributed by atoms with van der Waals surface area (Å²) in [4.78, 5) is 23.8. The van der Waals surface area contributed by atoms with Gasteiger partial charge in [-0.3, -0.25) is 9.59 Å². The van der Waals surface area contributed by atoms with Gasteiger partial charge in [0.1, 0.15) is 0 Å². The smallest absolute Gasteiger partial charge is 0.200 e. The summed E-state index contributed by atoms with van der Waals surface area (Å²) in [7, 11) is 0. The van der Waals surface area contributed by atoms with E-state index in [2.05, 4.69) is 0 Å². The maximum atomic E-state index is 13.8. The quantitative estimate of drug-likeness (QED) is 0.791. The summed E-state index contributed by atoms with van der Waals surface area (Å²) in [6.07, 6.45) is 3.30. The molecule has 1 aliphatic carbocycles. The first-order valence-electron chi connectivity index (χ1n) is 6.46. The lowest BCUT2D eigenvalue weighted by atomic mass is 10.0. The lowest BCUT2D eigenvalue weighted by Crippen LogP contribution is -2.18. The molecule has 20 heavy (non-hydrogen) atoms. The summed E-state index contributed by atoms with van der Waals surface area (Å²) in [5.74, 6) is -2.37. The number of carbonyl (C=O) groups excluding carboxylic acids is 1. The molecule has 0 spiro atoms. The topological polar surface area (TPSA) is 39.1 Å². The summed E-state index contributed by atoms with van der Waals surface area (Å²) in [5.41, 5.74) is -0.0123. The number of nitrogens with zero attached hydrogens (tertiary/aromatic N) is 1. The predicted molar refractivity (Wildman–Crippen MR) is 71.1 cm³/mol. The van der Waals surface area contributed by atoms with Crippen molar-refractivity contribution in [2.75, 3.05) is 0 Å². The van der Waals surface area contributed by atoms with E-state index in [0.29, 0.717) is 5.52 Å². The van der Waals surface area contributed by atoms with Crippen molar-refractivity contribution in [3.63, 3.8) is 0 Å². The van der Waals surface area contributed by atoms with Crippen molar-refractivity contribution < 1.29 is 13.6 Å². The van der Waals surface area contributed by atoms with Gasteiger partial charge in [0.15, 0.2) is 22.8 Å². The Labute approximate surface area is 113 Å². The van der Waals surface area contributed by atoms with Gasteiger partial charge in [-0.15, -0.1) is 0 Å². The van der Waals surface area contributed by atoms with Crippen LogP contribution in [0, 0.1) is 18.6 Å². The second-order valence-electron chi connectivity index (χ2n) is 5.26. The molecule has 0 saturated heterocycles. The highest BCUT2D eigenvalue weighted by atomic mass is 19.2. The standard InChI is InChI=1S/C15H13F2NO2/c1-7-13(17)12(16)5-10-14(7)18(9-3-4-9)6-11(8(2)19)15(10)20/h5-6,9H,3-4H2,1-2H3. The molecule has 2 aromatic rings. The number of hydrogen-bond acceptors (Lipinski definition) is 2. The third kappa shape index (κ3) is 1.77. The minimum Gasteiger partial charge on any atom is -0.343 e. The fourth-order valence-corrected chi connectivity index (χ4v) is 2.55. The molecular formula is C15H13F2NO2. The number of ketones is 1. The Morgan fingerprint density at radius 3 is 2.55 bits per heavy atom. The number of aryl methyl sites for hydroxylation is 1. The van der Waals surface area contributed by atoms with Crippen LogP contribution in [0.4, 0.5) is 8.78 Å². The van der Waals surface area contributed by atoms with Crippen LogP contribution in [-0.4, -0.2) is 10.4 Å². The number of hydrogen-bond donors (Lipinski definition) is 0. The Kier molecular flexibility index (Phi) is 2.74. The third-order valence-corrected chi connectivity index (χ3v) is 3.76. The number of aromatic nitrogens is 1. The largest absolute Gasteiger partial charge is 0.343 e. The average molecular weight is 277 g/mol. The number of fused-ring (bicyclic) bond motifs is 1. The van der Waals surface area contributed by atoms with Crippen LogP contribution >= 0.6 is 0 Å². The lowest BCUT2D eigenvalue weighted by molar-refractivity contribution is 0.101. The number of pyridine rings is 1. The lowest BCUT2D eigenvalue weighted by Gasteiger charge is -2.14. The van der Waals surface area contributed by atoms with Gasteiger partial charge in [-0.05, 0) is 32.8 Å². The van der Waals surface area contributed by atoms with Crippen LogP contribution < -0.4 is 5.43 Å². The first-order valence-corrected chi connectivity index (χ1v) is 6.46. The molecule has 0 amide bonds. The molecule has 0 N–H and O–H groups in total. The van der Waals surface area contributed by atoms with Crippen molar-refractivity contribution in [3.8, 4) is 0 Å². The monoisotopic (exact) mass is 277 g/mol. The zero-order chi connectivity index (χ0) is 14.6. The molecule has 0 atom stereocenters. The second-order valence-corrected chi connectivity index (χ2v) is 5.26. The zero-order valence-corrected chi connectivity index (χ0v) is 11.2. The van der Waals surface area contributed by atoms with E-state index in [1.807, 2.05) is 0 Å². The SMILES string of the molecule is CC(=O)c1cn(C2CC2)c2c(C)c(F)c(F)cc2c1=O. The van der Waals surface area contributed by atoms with Crippen molar-refractivity contribution in [3.05, 3.63) is 45.2 Å². The van der Waals surface area contributed by atoms with Crippen LogP contribution in [0.2, 0.25) is 0 Å². The summed E-state index contributed by atoms with van der Waals surface area (Å²) < 4.78 is 29.1. The predicted octanol–water partition coefficient (Wildman–Crippen LogP) is 3.13. The van der Waals surface area contributed by atoms with Crippen LogP contribution in [0.15, 0.2) is 17.1 Å². The van der Waals surface area contributed by atoms with Crippen LogP contribution in [0.25, 0.3) is 10.9 Å². The molecule has 1 aromatic heterocycles. The van der Waals surface area contributed by atoms with Crippen LogP contribution in [0.1, 0.15) is 41.7 Å². The molecule has 0 aliphatic heterocycles. The molecule has 0 bridgehead atoms. The summed E-state index contributed by atoms with van der Waals surface area (Å²) >= 11 is 0. The molecule has 1 aliphatic rings.